The molecule has 1 radical (unpaired) electrons. The molecular formula is C6H13O4S. The van der Waals surface area contributed by atoms with E-state index in [1.54, 1.807) is 6.92 Å². The van der Waals surface area contributed by atoms with Crippen molar-refractivity contribution < 1.29 is 18.1 Å². The van der Waals surface area contributed by atoms with Crippen molar-refractivity contribution in [2.45, 2.75) is 31.9 Å². The molecule has 0 saturated carbocycles. The molecule has 0 aliphatic carbocycles. The summed E-state index contributed by atoms with van der Waals surface area (Å²) in [6.07, 6.45) is 0.595. The molecule has 0 saturated heterocycles. The van der Waals surface area contributed by atoms with Gasteiger partial charge >= 0.3 is 0 Å². The number of rotatable bonds is 4. The summed E-state index contributed by atoms with van der Waals surface area (Å²) in [5.41, 5.74) is 0. The quantitative estimate of drug-likeness (QED) is 0.634. The summed E-state index contributed by atoms with van der Waals surface area (Å²) in [7, 11) is -4.11. The van der Waals surface area contributed by atoms with Crippen molar-refractivity contribution >= 4 is 10.1 Å². The lowest BCUT2D eigenvalue weighted by molar-refractivity contribution is 0.286. The Balaban J connectivity index is 4.36. The van der Waals surface area contributed by atoms with Crippen LogP contribution in [0.1, 0.15) is 26.7 Å². The second-order valence-corrected chi connectivity index (χ2v) is 4.03. The van der Waals surface area contributed by atoms with Gasteiger partial charge in [-0.2, -0.15) is 8.42 Å². The van der Waals surface area contributed by atoms with Crippen molar-refractivity contribution in [1.29, 1.82) is 0 Å². The Morgan fingerprint density at radius 2 is 2.00 bits per heavy atom. The highest BCUT2D eigenvalue weighted by Crippen LogP contribution is 2.15. The summed E-state index contributed by atoms with van der Waals surface area (Å²) in [6, 6.07) is 0. The molecule has 0 amide bonds. The average Bonchev–Trinajstić information content (AvgIpc) is 1.79. The lowest BCUT2D eigenvalue weighted by Gasteiger charge is -2.13. The van der Waals surface area contributed by atoms with Crippen LogP contribution in [-0.4, -0.2) is 23.3 Å². The number of hydrogen-bond donors (Lipinski definition) is 2. The zero-order chi connectivity index (χ0) is 9.07. The smallest absolute Gasteiger partial charge is 0.270 e. The topological polar surface area (TPSA) is 74.6 Å². The van der Waals surface area contributed by atoms with Crippen molar-refractivity contribution in [1.82, 2.24) is 0 Å². The van der Waals surface area contributed by atoms with E-state index >= 15 is 0 Å². The van der Waals surface area contributed by atoms with Gasteiger partial charge < -0.3 is 5.11 Å². The van der Waals surface area contributed by atoms with Crippen LogP contribution >= 0.6 is 0 Å². The predicted molar refractivity (Wildman–Crippen MR) is 41.1 cm³/mol. The highest BCUT2D eigenvalue weighted by atomic mass is 32.2. The van der Waals surface area contributed by atoms with Crippen molar-refractivity contribution in [2.75, 3.05) is 0 Å². The molecule has 0 aliphatic heterocycles. The van der Waals surface area contributed by atoms with Gasteiger partial charge in [0.2, 0.25) is 0 Å². The van der Waals surface area contributed by atoms with E-state index in [0.29, 0.717) is 6.42 Å². The molecule has 0 spiro atoms. The minimum Gasteiger partial charge on any atom is -0.386 e. The standard InChI is InChI=1S/C6H13O4S/c1-3-4-6(5(2)7)11(8,9)10/h6-7H,3-4H2,1-2H3,(H,8,9,10). The molecule has 0 aromatic rings. The molecule has 1 unspecified atom stereocenters. The van der Waals surface area contributed by atoms with E-state index in [1.807, 2.05) is 0 Å². The maximum absolute atomic E-state index is 10.5. The van der Waals surface area contributed by atoms with Gasteiger partial charge in [-0.1, -0.05) is 13.3 Å². The summed E-state index contributed by atoms with van der Waals surface area (Å²) < 4.78 is 29.6. The third-order valence-electron chi connectivity index (χ3n) is 1.38. The van der Waals surface area contributed by atoms with E-state index in [9.17, 15) is 8.42 Å². The summed E-state index contributed by atoms with van der Waals surface area (Å²) >= 11 is 0. The highest BCUT2D eigenvalue weighted by molar-refractivity contribution is 7.86. The van der Waals surface area contributed by atoms with Gasteiger partial charge in [0.15, 0.2) is 0 Å². The Morgan fingerprint density at radius 1 is 1.55 bits per heavy atom. The van der Waals surface area contributed by atoms with Gasteiger partial charge in [-0.15, -0.1) is 0 Å². The first-order valence-electron chi connectivity index (χ1n) is 3.38. The molecule has 4 nitrogen and oxygen atoms in total. The Labute approximate surface area is 67.0 Å². The Kier molecular flexibility index (Phi) is 3.99. The van der Waals surface area contributed by atoms with Crippen LogP contribution in [0.3, 0.4) is 0 Å². The van der Waals surface area contributed by atoms with Crippen molar-refractivity contribution in [2.24, 2.45) is 0 Å². The SMILES string of the molecule is CCCC([C](C)O)S(=O)(=O)O. The molecule has 5 heteroatoms. The van der Waals surface area contributed by atoms with Gasteiger partial charge in [-0.05, 0) is 13.3 Å². The summed E-state index contributed by atoms with van der Waals surface area (Å²) in [6.45, 7) is 3.05. The lowest BCUT2D eigenvalue weighted by atomic mass is 10.2. The number of aliphatic hydroxyl groups excluding tert-OH is 1. The van der Waals surface area contributed by atoms with Crippen LogP contribution in [0, 0.1) is 6.10 Å². The molecule has 0 bridgehead atoms. The van der Waals surface area contributed by atoms with Crippen molar-refractivity contribution in [3.63, 3.8) is 0 Å². The third-order valence-corrected chi connectivity index (χ3v) is 2.67. The van der Waals surface area contributed by atoms with Crippen LogP contribution in [0.5, 0.6) is 0 Å². The molecule has 0 aromatic carbocycles. The monoisotopic (exact) mass is 181 g/mol. The molecule has 0 fully saturated rings. The Morgan fingerprint density at radius 3 is 2.09 bits per heavy atom. The lowest BCUT2D eigenvalue weighted by Crippen LogP contribution is -2.25. The number of aliphatic hydroxyl groups is 1. The maximum Gasteiger partial charge on any atom is 0.270 e. The maximum atomic E-state index is 10.5. The van der Waals surface area contributed by atoms with Crippen LogP contribution in [0.4, 0.5) is 0 Å². The van der Waals surface area contributed by atoms with Crippen LogP contribution in [0.15, 0.2) is 0 Å². The second-order valence-electron chi connectivity index (χ2n) is 2.43. The normalized spacial score (nSPS) is 15.4. The molecular weight excluding hydrogens is 168 g/mol. The minimum atomic E-state index is -4.11. The van der Waals surface area contributed by atoms with Crippen LogP contribution < -0.4 is 0 Å². The van der Waals surface area contributed by atoms with Gasteiger partial charge in [-0.25, -0.2) is 0 Å². The molecule has 1 atom stereocenters. The Hall–Kier alpha value is -0.130. The Bertz CT molecular complexity index is 195. The molecule has 67 valence electrons. The second kappa shape index (κ2) is 4.04. The van der Waals surface area contributed by atoms with Gasteiger partial charge in [0.05, 0.1) is 0 Å². The number of hydrogen-bond acceptors (Lipinski definition) is 3. The van der Waals surface area contributed by atoms with E-state index in [-0.39, 0.29) is 12.5 Å². The largest absolute Gasteiger partial charge is 0.386 e. The fourth-order valence-corrected chi connectivity index (χ4v) is 1.80. The predicted octanol–water partition coefficient (Wildman–Crippen LogP) is 0.967. The highest BCUT2D eigenvalue weighted by Gasteiger charge is 2.27. The van der Waals surface area contributed by atoms with Gasteiger partial charge in [0.25, 0.3) is 10.1 Å². The molecule has 0 rings (SSSR count). The first-order chi connectivity index (χ1) is 4.89. The summed E-state index contributed by atoms with van der Waals surface area (Å²) in [5, 5.41) is 7.74. The zero-order valence-electron chi connectivity index (χ0n) is 6.61. The van der Waals surface area contributed by atoms with Crippen molar-refractivity contribution in [3.05, 3.63) is 6.10 Å². The van der Waals surface area contributed by atoms with E-state index in [0.717, 1.165) is 0 Å². The van der Waals surface area contributed by atoms with Crippen LogP contribution in [0.2, 0.25) is 0 Å². The molecule has 0 aromatic heterocycles. The summed E-state index contributed by atoms with van der Waals surface area (Å²) in [4.78, 5) is 0. The van der Waals surface area contributed by atoms with Crippen molar-refractivity contribution in [3.8, 4) is 0 Å². The van der Waals surface area contributed by atoms with E-state index in [2.05, 4.69) is 0 Å². The third kappa shape index (κ3) is 3.69. The van der Waals surface area contributed by atoms with Crippen LogP contribution in [-0.2, 0) is 10.1 Å². The van der Waals surface area contributed by atoms with E-state index in [1.165, 1.54) is 6.92 Å². The fraction of sp³-hybridized carbons (Fsp3) is 0.833. The molecule has 0 aliphatic rings. The minimum absolute atomic E-state index is 0.251. The molecule has 2 N–H and O–H groups in total. The van der Waals surface area contributed by atoms with E-state index < -0.39 is 15.4 Å². The van der Waals surface area contributed by atoms with E-state index in [4.69, 9.17) is 9.66 Å². The average molecular weight is 181 g/mol. The summed E-state index contributed by atoms with van der Waals surface area (Å²) in [5.74, 6) is 0. The first-order valence-corrected chi connectivity index (χ1v) is 4.88. The first kappa shape index (κ1) is 10.9. The molecule has 0 heterocycles. The van der Waals surface area contributed by atoms with Gasteiger partial charge in [0.1, 0.15) is 11.4 Å². The van der Waals surface area contributed by atoms with Crippen LogP contribution in [0.25, 0.3) is 0 Å². The zero-order valence-corrected chi connectivity index (χ0v) is 7.43. The van der Waals surface area contributed by atoms with Gasteiger partial charge in [0, 0.05) is 0 Å². The fourth-order valence-electron chi connectivity index (χ4n) is 0.836. The van der Waals surface area contributed by atoms with Gasteiger partial charge in [-0.3, -0.25) is 4.55 Å². The molecule has 11 heavy (non-hydrogen) atoms.